The summed E-state index contributed by atoms with van der Waals surface area (Å²) in [6, 6.07) is 12.2. The van der Waals surface area contributed by atoms with E-state index in [-0.39, 0.29) is 22.3 Å². The van der Waals surface area contributed by atoms with Gasteiger partial charge in [-0.05, 0) is 24.6 Å². The van der Waals surface area contributed by atoms with E-state index in [1.165, 1.54) is 12.1 Å². The van der Waals surface area contributed by atoms with Gasteiger partial charge >= 0.3 is 0 Å². The van der Waals surface area contributed by atoms with Crippen molar-refractivity contribution < 1.29 is 8.78 Å². The number of anilines is 1. The van der Waals surface area contributed by atoms with Gasteiger partial charge in [0.15, 0.2) is 11.6 Å². The summed E-state index contributed by atoms with van der Waals surface area (Å²) >= 11 is 4.67. The zero-order valence-electron chi connectivity index (χ0n) is 10.9. The summed E-state index contributed by atoms with van der Waals surface area (Å²) in [5.41, 5.74) is 6.30. The molecular formula is C15H14F2N2S. The van der Waals surface area contributed by atoms with Crippen molar-refractivity contribution in [2.24, 2.45) is 5.73 Å². The molecule has 0 spiro atoms. The molecule has 1 atom stereocenters. The van der Waals surface area contributed by atoms with Crippen LogP contribution in [0, 0.1) is 11.6 Å². The van der Waals surface area contributed by atoms with Crippen LogP contribution in [0.2, 0.25) is 0 Å². The molecule has 0 saturated heterocycles. The summed E-state index contributed by atoms with van der Waals surface area (Å²) in [6.07, 6.45) is 0. The lowest BCUT2D eigenvalue weighted by atomic mass is 10.1. The molecule has 0 aliphatic rings. The lowest BCUT2D eigenvalue weighted by Crippen LogP contribution is -2.14. The van der Waals surface area contributed by atoms with Gasteiger partial charge < -0.3 is 11.1 Å². The van der Waals surface area contributed by atoms with Crippen molar-refractivity contribution in [3.63, 3.8) is 0 Å². The van der Waals surface area contributed by atoms with Gasteiger partial charge in [0.2, 0.25) is 0 Å². The van der Waals surface area contributed by atoms with Crippen LogP contribution in [0.5, 0.6) is 0 Å². The Morgan fingerprint density at radius 2 is 1.75 bits per heavy atom. The van der Waals surface area contributed by atoms with E-state index in [1.807, 2.05) is 37.3 Å². The first-order valence-electron chi connectivity index (χ1n) is 6.10. The quantitative estimate of drug-likeness (QED) is 0.842. The average Bonchev–Trinajstić information content (AvgIpc) is 2.44. The zero-order valence-corrected chi connectivity index (χ0v) is 11.7. The van der Waals surface area contributed by atoms with Gasteiger partial charge in [-0.1, -0.05) is 42.5 Å². The Labute approximate surface area is 121 Å². The Kier molecular flexibility index (Phi) is 4.29. The van der Waals surface area contributed by atoms with Crippen molar-refractivity contribution in [1.29, 1.82) is 0 Å². The first-order valence-corrected chi connectivity index (χ1v) is 6.51. The van der Waals surface area contributed by atoms with Crippen molar-refractivity contribution in [3.05, 3.63) is 65.2 Å². The fraction of sp³-hybridized carbons (Fsp3) is 0.133. The summed E-state index contributed by atoms with van der Waals surface area (Å²) in [5.74, 6) is -2.00. The summed E-state index contributed by atoms with van der Waals surface area (Å²) in [7, 11) is 0. The molecule has 1 unspecified atom stereocenters. The SMILES string of the molecule is CC(Nc1ccc(C(N)=S)c(F)c1F)c1ccccc1. The molecule has 0 aromatic heterocycles. The first kappa shape index (κ1) is 14.4. The van der Waals surface area contributed by atoms with Gasteiger partial charge in [0, 0.05) is 11.6 Å². The summed E-state index contributed by atoms with van der Waals surface area (Å²) < 4.78 is 27.7. The number of hydrogen-bond acceptors (Lipinski definition) is 2. The minimum absolute atomic E-state index is 0.0823. The monoisotopic (exact) mass is 292 g/mol. The summed E-state index contributed by atoms with van der Waals surface area (Å²) in [6.45, 7) is 1.87. The molecule has 0 aliphatic carbocycles. The van der Waals surface area contributed by atoms with Crippen LogP contribution in [-0.4, -0.2) is 4.99 Å². The van der Waals surface area contributed by atoms with E-state index >= 15 is 0 Å². The minimum atomic E-state index is -1.03. The largest absolute Gasteiger partial charge is 0.389 e. The topological polar surface area (TPSA) is 38.0 Å². The molecule has 0 aliphatic heterocycles. The molecular weight excluding hydrogens is 278 g/mol. The molecule has 0 heterocycles. The molecule has 3 N–H and O–H groups in total. The van der Waals surface area contributed by atoms with Crippen LogP contribution in [0.15, 0.2) is 42.5 Å². The Bertz CT molecular complexity index is 629. The van der Waals surface area contributed by atoms with E-state index in [4.69, 9.17) is 5.73 Å². The molecule has 0 saturated carbocycles. The van der Waals surface area contributed by atoms with Gasteiger partial charge in [-0.2, -0.15) is 0 Å². The number of thiocarbonyl (C=S) groups is 1. The zero-order chi connectivity index (χ0) is 14.7. The smallest absolute Gasteiger partial charge is 0.182 e. The minimum Gasteiger partial charge on any atom is -0.389 e. The molecule has 5 heteroatoms. The molecule has 0 amide bonds. The van der Waals surface area contributed by atoms with Gasteiger partial charge in [-0.15, -0.1) is 0 Å². The Balaban J connectivity index is 2.27. The van der Waals surface area contributed by atoms with Gasteiger partial charge in [-0.25, -0.2) is 8.78 Å². The molecule has 0 fully saturated rings. The van der Waals surface area contributed by atoms with Crippen LogP contribution in [-0.2, 0) is 0 Å². The standard InChI is InChI=1S/C15H14F2N2S/c1-9(10-5-3-2-4-6-10)19-12-8-7-11(15(18)20)13(16)14(12)17/h2-9,19H,1H3,(H2,18,20). The Morgan fingerprint density at radius 1 is 1.10 bits per heavy atom. The second-order valence-corrected chi connectivity index (χ2v) is 4.87. The Morgan fingerprint density at radius 3 is 2.35 bits per heavy atom. The van der Waals surface area contributed by atoms with Crippen molar-refractivity contribution in [3.8, 4) is 0 Å². The summed E-state index contributed by atoms with van der Waals surface area (Å²) in [4.78, 5) is -0.163. The highest BCUT2D eigenvalue weighted by atomic mass is 32.1. The van der Waals surface area contributed by atoms with Crippen LogP contribution in [0.3, 0.4) is 0 Å². The maximum atomic E-state index is 13.9. The maximum absolute atomic E-state index is 13.9. The number of nitrogens with one attached hydrogen (secondary N) is 1. The molecule has 104 valence electrons. The second-order valence-electron chi connectivity index (χ2n) is 4.43. The van der Waals surface area contributed by atoms with Gasteiger partial charge in [0.05, 0.1) is 5.69 Å². The number of rotatable bonds is 4. The van der Waals surface area contributed by atoms with Crippen LogP contribution >= 0.6 is 12.2 Å². The van der Waals surface area contributed by atoms with Crippen LogP contribution in [0.25, 0.3) is 0 Å². The number of benzene rings is 2. The average molecular weight is 292 g/mol. The third-order valence-corrected chi connectivity index (χ3v) is 3.24. The highest BCUT2D eigenvalue weighted by molar-refractivity contribution is 7.80. The van der Waals surface area contributed by atoms with Crippen molar-refractivity contribution >= 4 is 22.9 Å². The number of nitrogens with two attached hydrogens (primary N) is 1. The maximum Gasteiger partial charge on any atom is 0.182 e. The molecule has 0 radical (unpaired) electrons. The molecule has 0 bridgehead atoms. The fourth-order valence-corrected chi connectivity index (χ4v) is 2.07. The van der Waals surface area contributed by atoms with Crippen LogP contribution < -0.4 is 11.1 Å². The van der Waals surface area contributed by atoms with E-state index in [0.717, 1.165) is 5.56 Å². The van der Waals surface area contributed by atoms with E-state index in [2.05, 4.69) is 17.5 Å². The lowest BCUT2D eigenvalue weighted by Gasteiger charge is -2.17. The predicted molar refractivity (Wildman–Crippen MR) is 80.7 cm³/mol. The van der Waals surface area contributed by atoms with Crippen LogP contribution in [0.1, 0.15) is 24.1 Å². The summed E-state index contributed by atoms with van der Waals surface area (Å²) in [5, 5.41) is 2.93. The molecule has 2 aromatic carbocycles. The van der Waals surface area contributed by atoms with Crippen LogP contribution in [0.4, 0.5) is 14.5 Å². The third-order valence-electron chi connectivity index (χ3n) is 3.02. The van der Waals surface area contributed by atoms with Crippen molar-refractivity contribution in [2.75, 3.05) is 5.32 Å². The molecule has 2 rings (SSSR count). The molecule has 20 heavy (non-hydrogen) atoms. The normalized spacial score (nSPS) is 11.9. The first-order chi connectivity index (χ1) is 9.50. The highest BCUT2D eigenvalue weighted by Gasteiger charge is 2.16. The van der Waals surface area contributed by atoms with E-state index in [1.54, 1.807) is 0 Å². The fourth-order valence-electron chi connectivity index (χ4n) is 1.91. The molecule has 2 aromatic rings. The predicted octanol–water partition coefficient (Wildman–Crippen LogP) is 3.77. The van der Waals surface area contributed by atoms with Gasteiger partial charge in [0.25, 0.3) is 0 Å². The van der Waals surface area contributed by atoms with Gasteiger partial charge in [0.1, 0.15) is 4.99 Å². The number of hydrogen-bond donors (Lipinski definition) is 2. The van der Waals surface area contributed by atoms with Gasteiger partial charge in [-0.3, -0.25) is 0 Å². The molecule has 2 nitrogen and oxygen atoms in total. The lowest BCUT2D eigenvalue weighted by molar-refractivity contribution is 0.508. The highest BCUT2D eigenvalue weighted by Crippen LogP contribution is 2.25. The van der Waals surface area contributed by atoms with E-state index in [9.17, 15) is 8.78 Å². The van der Waals surface area contributed by atoms with Crippen molar-refractivity contribution in [1.82, 2.24) is 0 Å². The van der Waals surface area contributed by atoms with E-state index < -0.39 is 11.6 Å². The third kappa shape index (κ3) is 2.93. The number of halogens is 2. The van der Waals surface area contributed by atoms with E-state index in [0.29, 0.717) is 0 Å². The van der Waals surface area contributed by atoms with Crippen molar-refractivity contribution in [2.45, 2.75) is 13.0 Å². The Hall–Kier alpha value is -2.01. The second kappa shape index (κ2) is 5.96.